The lowest BCUT2D eigenvalue weighted by molar-refractivity contribution is -0.384. The topological polar surface area (TPSA) is 110 Å². The molecule has 1 rings (SSSR count). The molecule has 0 saturated heterocycles. The van der Waals surface area contributed by atoms with Gasteiger partial charge in [-0.15, -0.1) is 0 Å². The molecule has 0 fully saturated rings. The van der Waals surface area contributed by atoms with Crippen LogP contribution in [0.15, 0.2) is 24.3 Å². The van der Waals surface area contributed by atoms with Crippen molar-refractivity contribution in [3.63, 3.8) is 0 Å². The largest absolute Gasteiger partial charge is 0.481 e. The number of amides is 1. The number of benzene rings is 1. The lowest BCUT2D eigenvalue weighted by atomic mass is 10.1. The molecule has 114 valence electrons. The Labute approximate surface area is 122 Å². The van der Waals surface area contributed by atoms with Crippen LogP contribution >= 0.6 is 0 Å². The van der Waals surface area contributed by atoms with Gasteiger partial charge < -0.3 is 10.4 Å². The molecule has 0 heterocycles. The zero-order chi connectivity index (χ0) is 15.8. The number of hydrogen-bond donors (Lipinski definition) is 2. The Hall–Kier alpha value is -2.44. The number of nitrogens with zero attached hydrogens (tertiary/aromatic N) is 1. The summed E-state index contributed by atoms with van der Waals surface area (Å²) in [5.74, 6) is -1.45. The van der Waals surface area contributed by atoms with Crippen LogP contribution in [-0.2, 0) is 16.0 Å². The summed E-state index contributed by atoms with van der Waals surface area (Å²) < 4.78 is 0. The van der Waals surface area contributed by atoms with Crippen molar-refractivity contribution in [1.82, 2.24) is 5.32 Å². The molecule has 0 saturated carbocycles. The quantitative estimate of drug-likeness (QED) is 0.431. The van der Waals surface area contributed by atoms with Crippen molar-refractivity contribution < 1.29 is 19.6 Å². The van der Waals surface area contributed by atoms with Crippen molar-refractivity contribution in [2.45, 2.75) is 26.2 Å². The van der Waals surface area contributed by atoms with Gasteiger partial charge in [-0.05, 0) is 18.4 Å². The molecule has 1 unspecified atom stereocenters. The van der Waals surface area contributed by atoms with Gasteiger partial charge in [0.2, 0.25) is 5.91 Å². The first-order valence-electron chi connectivity index (χ1n) is 6.63. The summed E-state index contributed by atoms with van der Waals surface area (Å²) in [6, 6.07) is 5.81. The van der Waals surface area contributed by atoms with Crippen LogP contribution < -0.4 is 5.32 Å². The normalized spacial score (nSPS) is 11.7. The van der Waals surface area contributed by atoms with Gasteiger partial charge in [0.25, 0.3) is 5.69 Å². The fourth-order valence-corrected chi connectivity index (χ4v) is 1.74. The highest BCUT2D eigenvalue weighted by atomic mass is 16.6. The van der Waals surface area contributed by atoms with Gasteiger partial charge in [-0.2, -0.15) is 0 Å². The number of rotatable bonds is 8. The number of nitrogens with one attached hydrogen (secondary N) is 1. The maximum atomic E-state index is 11.6. The van der Waals surface area contributed by atoms with Gasteiger partial charge in [0.05, 0.1) is 17.3 Å². The monoisotopic (exact) mass is 294 g/mol. The van der Waals surface area contributed by atoms with Gasteiger partial charge in [-0.25, -0.2) is 0 Å². The second-order valence-electron chi connectivity index (χ2n) is 4.83. The van der Waals surface area contributed by atoms with Gasteiger partial charge in [-0.3, -0.25) is 19.7 Å². The molecule has 1 atom stereocenters. The van der Waals surface area contributed by atoms with Gasteiger partial charge >= 0.3 is 5.97 Å². The summed E-state index contributed by atoms with van der Waals surface area (Å²) in [7, 11) is 0. The fourth-order valence-electron chi connectivity index (χ4n) is 1.74. The molecule has 21 heavy (non-hydrogen) atoms. The van der Waals surface area contributed by atoms with Crippen LogP contribution in [0.2, 0.25) is 0 Å². The minimum atomic E-state index is -0.841. The van der Waals surface area contributed by atoms with Crippen LogP contribution in [0.1, 0.15) is 25.3 Å². The number of carboxylic acid groups (broad SMARTS) is 1. The average Bonchev–Trinajstić information content (AvgIpc) is 2.43. The van der Waals surface area contributed by atoms with Gasteiger partial charge in [0.15, 0.2) is 0 Å². The third kappa shape index (κ3) is 6.03. The number of nitro groups is 1. The number of aliphatic carboxylic acids is 1. The van der Waals surface area contributed by atoms with Gasteiger partial charge in [-0.1, -0.05) is 19.1 Å². The predicted molar refractivity (Wildman–Crippen MR) is 75.8 cm³/mol. The minimum Gasteiger partial charge on any atom is -0.481 e. The van der Waals surface area contributed by atoms with Crippen molar-refractivity contribution in [3.05, 3.63) is 39.9 Å². The van der Waals surface area contributed by atoms with E-state index in [9.17, 15) is 19.7 Å². The van der Waals surface area contributed by atoms with E-state index in [1.54, 1.807) is 19.1 Å². The Morgan fingerprint density at radius 3 is 2.48 bits per heavy atom. The number of carbonyl (C=O) groups excluding carboxylic acids is 1. The summed E-state index contributed by atoms with van der Waals surface area (Å²) >= 11 is 0. The third-order valence-corrected chi connectivity index (χ3v) is 3.07. The molecule has 0 spiro atoms. The van der Waals surface area contributed by atoms with Crippen molar-refractivity contribution in [2.75, 3.05) is 6.54 Å². The van der Waals surface area contributed by atoms with E-state index in [0.717, 1.165) is 0 Å². The van der Waals surface area contributed by atoms with E-state index in [2.05, 4.69) is 5.32 Å². The maximum absolute atomic E-state index is 11.6. The van der Waals surface area contributed by atoms with Crippen LogP contribution in [0, 0.1) is 16.0 Å². The molecule has 1 amide bonds. The first kappa shape index (κ1) is 16.6. The van der Waals surface area contributed by atoms with Crippen molar-refractivity contribution in [3.8, 4) is 0 Å². The molecule has 0 aliphatic heterocycles. The zero-order valence-corrected chi connectivity index (χ0v) is 11.7. The van der Waals surface area contributed by atoms with E-state index in [1.807, 2.05) is 0 Å². The van der Waals surface area contributed by atoms with Crippen molar-refractivity contribution >= 4 is 17.6 Å². The minimum absolute atomic E-state index is 0.0122. The molecule has 1 aromatic rings. The average molecular weight is 294 g/mol. The Kier molecular flexibility index (Phi) is 6.32. The van der Waals surface area contributed by atoms with Gasteiger partial charge in [0, 0.05) is 18.7 Å². The van der Waals surface area contributed by atoms with Crippen LogP contribution in [0.3, 0.4) is 0 Å². The first-order valence-corrected chi connectivity index (χ1v) is 6.63. The van der Waals surface area contributed by atoms with Crippen LogP contribution in [-0.4, -0.2) is 28.5 Å². The smallest absolute Gasteiger partial charge is 0.306 e. The highest BCUT2D eigenvalue weighted by Crippen LogP contribution is 2.12. The molecular weight excluding hydrogens is 276 g/mol. The van der Waals surface area contributed by atoms with E-state index < -0.39 is 16.8 Å². The van der Waals surface area contributed by atoms with E-state index in [0.29, 0.717) is 24.9 Å². The Morgan fingerprint density at radius 2 is 1.95 bits per heavy atom. The van der Waals surface area contributed by atoms with E-state index in [1.165, 1.54) is 12.1 Å². The lowest BCUT2D eigenvalue weighted by Crippen LogP contribution is -2.26. The molecular formula is C14H18N2O5. The molecule has 0 aromatic heterocycles. The Bertz CT molecular complexity index is 513. The number of carboxylic acids is 1. The van der Waals surface area contributed by atoms with Crippen molar-refractivity contribution in [1.29, 1.82) is 0 Å². The summed E-state index contributed by atoms with van der Waals surface area (Å²) in [5, 5.41) is 21.9. The van der Waals surface area contributed by atoms with E-state index >= 15 is 0 Å². The molecule has 0 radical (unpaired) electrons. The predicted octanol–water partition coefficient (Wildman–Crippen LogP) is 1.75. The molecule has 0 aliphatic rings. The number of nitro benzene ring substituents is 1. The number of non-ortho nitro benzene ring substituents is 1. The molecule has 2 N–H and O–H groups in total. The van der Waals surface area contributed by atoms with E-state index in [-0.39, 0.29) is 18.0 Å². The number of hydrogen-bond acceptors (Lipinski definition) is 4. The zero-order valence-electron chi connectivity index (χ0n) is 11.7. The standard InChI is InChI=1S/C14H18N2O5/c1-10(14(18)19)3-2-8-15-13(17)9-11-4-6-12(7-5-11)16(20)21/h4-7,10H,2-3,8-9H2,1H3,(H,15,17)(H,18,19). The molecule has 7 nitrogen and oxygen atoms in total. The number of carbonyl (C=O) groups is 2. The second-order valence-corrected chi connectivity index (χ2v) is 4.83. The van der Waals surface area contributed by atoms with Crippen LogP contribution in [0.4, 0.5) is 5.69 Å². The Morgan fingerprint density at radius 1 is 1.33 bits per heavy atom. The summed E-state index contributed by atoms with van der Waals surface area (Å²) in [5.41, 5.74) is 0.679. The van der Waals surface area contributed by atoms with E-state index in [4.69, 9.17) is 5.11 Å². The molecule has 0 aliphatic carbocycles. The summed E-state index contributed by atoms with van der Waals surface area (Å²) in [6.45, 7) is 2.05. The molecule has 7 heteroatoms. The van der Waals surface area contributed by atoms with Crippen LogP contribution in [0.5, 0.6) is 0 Å². The highest BCUT2D eigenvalue weighted by molar-refractivity contribution is 5.78. The molecule has 0 bridgehead atoms. The third-order valence-electron chi connectivity index (χ3n) is 3.07. The van der Waals surface area contributed by atoms with Crippen molar-refractivity contribution in [2.24, 2.45) is 5.92 Å². The van der Waals surface area contributed by atoms with Gasteiger partial charge in [0.1, 0.15) is 0 Å². The summed E-state index contributed by atoms with van der Waals surface area (Å²) in [4.78, 5) is 32.3. The first-order chi connectivity index (χ1) is 9.90. The van der Waals surface area contributed by atoms with Crippen LogP contribution in [0.25, 0.3) is 0 Å². The lowest BCUT2D eigenvalue weighted by Gasteiger charge is -2.07. The summed E-state index contributed by atoms with van der Waals surface area (Å²) in [6.07, 6.45) is 1.25. The SMILES string of the molecule is CC(CCCNC(=O)Cc1ccc([N+](=O)[O-])cc1)C(=O)O. The maximum Gasteiger partial charge on any atom is 0.306 e. The highest BCUT2D eigenvalue weighted by Gasteiger charge is 2.10. The molecule has 1 aromatic carbocycles. The fraction of sp³-hybridized carbons (Fsp3) is 0.429. The Balaban J connectivity index is 2.30. The second kappa shape index (κ2) is 7.98.